The zero-order valence-electron chi connectivity index (χ0n) is 17.1. The molecule has 0 amide bonds. The van der Waals surface area contributed by atoms with Gasteiger partial charge in [0, 0.05) is 30.2 Å². The second-order valence-corrected chi connectivity index (χ2v) is 6.69. The van der Waals surface area contributed by atoms with Crippen LogP contribution in [0.1, 0.15) is 24.2 Å². The van der Waals surface area contributed by atoms with Crippen LogP contribution < -0.4 is 15.4 Å². The maximum atomic E-state index is 13.3. The lowest BCUT2D eigenvalue weighted by atomic mass is 10.1. The van der Waals surface area contributed by atoms with Crippen molar-refractivity contribution in [3.05, 3.63) is 65.6 Å². The molecular weight excluding hydrogens is 498 g/mol. The van der Waals surface area contributed by atoms with Gasteiger partial charge in [-0.2, -0.15) is 0 Å². The number of aromatic nitrogens is 1. The standard InChI is InChI=1S/C22H27FN4O2.HI/c1-3-24-22(27-14-21(28)15-5-4-6-18(11-15)29-2)25-10-9-16-13-26-20-12-17(23)7-8-19(16)20;/h4-8,11-13,21,26,28H,3,9-10,14H2,1-2H3,(H2,24,25,27);1H. The minimum Gasteiger partial charge on any atom is -0.497 e. The van der Waals surface area contributed by atoms with Crippen molar-refractivity contribution in [3.63, 3.8) is 0 Å². The number of fused-ring (bicyclic) bond motifs is 1. The largest absolute Gasteiger partial charge is 0.497 e. The van der Waals surface area contributed by atoms with Gasteiger partial charge in [-0.3, -0.25) is 4.99 Å². The van der Waals surface area contributed by atoms with E-state index in [9.17, 15) is 9.50 Å². The van der Waals surface area contributed by atoms with E-state index in [1.807, 2.05) is 31.3 Å². The lowest BCUT2D eigenvalue weighted by Crippen LogP contribution is -2.38. The van der Waals surface area contributed by atoms with Crippen molar-refractivity contribution in [1.82, 2.24) is 15.6 Å². The normalized spacial score (nSPS) is 12.3. The summed E-state index contributed by atoms with van der Waals surface area (Å²) in [7, 11) is 1.60. The molecule has 0 radical (unpaired) electrons. The van der Waals surface area contributed by atoms with Crippen LogP contribution in [0.4, 0.5) is 4.39 Å². The Morgan fingerprint density at radius 2 is 2.07 bits per heavy atom. The molecule has 0 aliphatic rings. The molecule has 3 rings (SSSR count). The number of aliphatic hydroxyl groups is 1. The van der Waals surface area contributed by atoms with Crippen molar-refractivity contribution in [2.75, 3.05) is 26.7 Å². The second-order valence-electron chi connectivity index (χ2n) is 6.69. The minimum atomic E-state index is -0.718. The highest BCUT2D eigenvalue weighted by molar-refractivity contribution is 14.0. The van der Waals surface area contributed by atoms with Gasteiger partial charge in [0.05, 0.1) is 19.8 Å². The van der Waals surface area contributed by atoms with Crippen LogP contribution in [0.15, 0.2) is 53.7 Å². The number of aliphatic imine (C=N–C) groups is 1. The molecule has 6 nitrogen and oxygen atoms in total. The summed E-state index contributed by atoms with van der Waals surface area (Å²) in [4.78, 5) is 7.59. The summed E-state index contributed by atoms with van der Waals surface area (Å²) in [5, 5.41) is 17.9. The number of methoxy groups -OCH3 is 1. The van der Waals surface area contributed by atoms with Gasteiger partial charge in [-0.25, -0.2) is 4.39 Å². The topological polar surface area (TPSA) is 81.7 Å². The third-order valence-corrected chi connectivity index (χ3v) is 4.66. The van der Waals surface area contributed by atoms with E-state index in [0.29, 0.717) is 24.8 Å². The molecule has 30 heavy (non-hydrogen) atoms. The van der Waals surface area contributed by atoms with Gasteiger partial charge in [-0.1, -0.05) is 12.1 Å². The fourth-order valence-corrected chi connectivity index (χ4v) is 3.15. The van der Waals surface area contributed by atoms with Crippen molar-refractivity contribution in [2.45, 2.75) is 19.4 Å². The zero-order chi connectivity index (χ0) is 20.6. The molecule has 1 atom stereocenters. The third-order valence-electron chi connectivity index (χ3n) is 4.66. The van der Waals surface area contributed by atoms with E-state index in [2.05, 4.69) is 20.6 Å². The van der Waals surface area contributed by atoms with Crippen LogP contribution in [0.3, 0.4) is 0 Å². The van der Waals surface area contributed by atoms with Crippen molar-refractivity contribution < 1.29 is 14.2 Å². The summed E-state index contributed by atoms with van der Waals surface area (Å²) in [6.07, 6.45) is 1.95. The molecule has 0 aliphatic heterocycles. The molecule has 162 valence electrons. The summed E-state index contributed by atoms with van der Waals surface area (Å²) < 4.78 is 18.5. The molecule has 4 N–H and O–H groups in total. The Balaban J connectivity index is 0.00000320. The summed E-state index contributed by atoms with van der Waals surface area (Å²) in [5.74, 6) is 1.09. The van der Waals surface area contributed by atoms with Crippen LogP contribution in [0.2, 0.25) is 0 Å². The van der Waals surface area contributed by atoms with Crippen molar-refractivity contribution in [1.29, 1.82) is 0 Å². The second kappa shape index (κ2) is 11.8. The Morgan fingerprint density at radius 3 is 2.83 bits per heavy atom. The number of aromatic amines is 1. The van der Waals surface area contributed by atoms with Crippen LogP contribution in [0, 0.1) is 5.82 Å². The highest BCUT2D eigenvalue weighted by atomic mass is 127. The predicted molar refractivity (Wildman–Crippen MR) is 129 cm³/mol. The molecule has 0 spiro atoms. The maximum absolute atomic E-state index is 13.3. The molecular formula is C22H28FIN4O2. The maximum Gasteiger partial charge on any atom is 0.191 e. The van der Waals surface area contributed by atoms with E-state index >= 15 is 0 Å². The first-order chi connectivity index (χ1) is 14.1. The molecule has 8 heteroatoms. The van der Waals surface area contributed by atoms with Crippen LogP contribution in [0.25, 0.3) is 10.9 Å². The van der Waals surface area contributed by atoms with E-state index in [1.54, 1.807) is 19.2 Å². The summed E-state index contributed by atoms with van der Waals surface area (Å²) in [6.45, 7) is 3.59. The highest BCUT2D eigenvalue weighted by Crippen LogP contribution is 2.20. The molecule has 1 aromatic heterocycles. The fourth-order valence-electron chi connectivity index (χ4n) is 3.15. The van der Waals surface area contributed by atoms with E-state index in [4.69, 9.17) is 4.74 Å². The molecule has 0 fully saturated rings. The van der Waals surface area contributed by atoms with Crippen LogP contribution in [0.5, 0.6) is 5.75 Å². The van der Waals surface area contributed by atoms with Gasteiger partial charge in [-0.05, 0) is 54.8 Å². The number of aliphatic hydroxyl groups excluding tert-OH is 1. The van der Waals surface area contributed by atoms with Crippen LogP contribution >= 0.6 is 24.0 Å². The number of H-pyrrole nitrogens is 1. The van der Waals surface area contributed by atoms with E-state index in [-0.39, 0.29) is 36.3 Å². The highest BCUT2D eigenvalue weighted by Gasteiger charge is 2.09. The van der Waals surface area contributed by atoms with Crippen LogP contribution in [-0.4, -0.2) is 42.8 Å². The van der Waals surface area contributed by atoms with Gasteiger partial charge in [0.1, 0.15) is 11.6 Å². The van der Waals surface area contributed by atoms with E-state index < -0.39 is 6.10 Å². The Morgan fingerprint density at radius 1 is 1.23 bits per heavy atom. The molecule has 1 unspecified atom stereocenters. The first kappa shape index (κ1) is 23.9. The molecule has 0 bridgehead atoms. The van der Waals surface area contributed by atoms with Crippen LogP contribution in [-0.2, 0) is 6.42 Å². The first-order valence-electron chi connectivity index (χ1n) is 9.70. The lowest BCUT2D eigenvalue weighted by molar-refractivity contribution is 0.186. The average molecular weight is 526 g/mol. The van der Waals surface area contributed by atoms with Gasteiger partial charge < -0.3 is 25.5 Å². The average Bonchev–Trinajstić information content (AvgIpc) is 3.13. The van der Waals surface area contributed by atoms with Crippen molar-refractivity contribution >= 4 is 40.8 Å². The molecule has 0 saturated carbocycles. The zero-order valence-corrected chi connectivity index (χ0v) is 19.4. The Labute approximate surface area is 193 Å². The minimum absolute atomic E-state index is 0. The van der Waals surface area contributed by atoms with E-state index in [0.717, 1.165) is 28.5 Å². The molecule has 0 saturated heterocycles. The number of guanidine groups is 1. The molecule has 2 aromatic carbocycles. The van der Waals surface area contributed by atoms with Crippen molar-refractivity contribution in [3.8, 4) is 5.75 Å². The fraction of sp³-hybridized carbons (Fsp3) is 0.318. The number of benzene rings is 2. The van der Waals surface area contributed by atoms with Gasteiger partial charge in [0.2, 0.25) is 0 Å². The molecule has 0 aliphatic carbocycles. The number of rotatable bonds is 8. The van der Waals surface area contributed by atoms with Gasteiger partial charge in [-0.15, -0.1) is 24.0 Å². The number of halogens is 2. The smallest absolute Gasteiger partial charge is 0.191 e. The first-order valence-corrected chi connectivity index (χ1v) is 9.70. The number of ether oxygens (including phenoxy) is 1. The van der Waals surface area contributed by atoms with Gasteiger partial charge >= 0.3 is 0 Å². The number of nitrogens with zero attached hydrogens (tertiary/aromatic N) is 1. The van der Waals surface area contributed by atoms with Gasteiger partial charge in [0.25, 0.3) is 0 Å². The predicted octanol–water partition coefficient (Wildman–Crippen LogP) is 3.76. The monoisotopic (exact) mass is 526 g/mol. The number of hydrogen-bond acceptors (Lipinski definition) is 3. The van der Waals surface area contributed by atoms with Crippen molar-refractivity contribution in [2.24, 2.45) is 4.99 Å². The Hall–Kier alpha value is -2.33. The summed E-state index contributed by atoms with van der Waals surface area (Å²) in [6, 6.07) is 12.1. The third kappa shape index (κ3) is 6.33. The lowest BCUT2D eigenvalue weighted by Gasteiger charge is -2.14. The number of hydrogen-bond donors (Lipinski definition) is 4. The Bertz CT molecular complexity index is 977. The quantitative estimate of drug-likeness (QED) is 0.205. The van der Waals surface area contributed by atoms with E-state index in [1.165, 1.54) is 12.1 Å². The SMILES string of the molecule is CCNC(=NCC(O)c1cccc(OC)c1)NCCc1c[nH]c2cc(F)ccc12.I. The van der Waals surface area contributed by atoms with Gasteiger partial charge in [0.15, 0.2) is 5.96 Å². The number of nitrogens with one attached hydrogen (secondary N) is 3. The Kier molecular flexibility index (Phi) is 9.38. The molecule has 3 aromatic rings. The summed E-state index contributed by atoms with van der Waals surface area (Å²) in [5.41, 5.74) is 2.66. The summed E-state index contributed by atoms with van der Waals surface area (Å²) >= 11 is 0. The molecule has 1 heterocycles.